The number of allylic oxidation sites excluding steroid dienone is 2. The molecule has 0 saturated carbocycles. The predicted molar refractivity (Wildman–Crippen MR) is 141 cm³/mol. The van der Waals surface area contributed by atoms with Gasteiger partial charge in [0.05, 0.1) is 0 Å². The van der Waals surface area contributed by atoms with Crippen LogP contribution in [-0.4, -0.2) is 36.6 Å². The number of hydrogen-bond donors (Lipinski definition) is 1. The van der Waals surface area contributed by atoms with Gasteiger partial charge in [-0.15, -0.1) is 0 Å². The van der Waals surface area contributed by atoms with Crippen molar-refractivity contribution in [1.29, 1.82) is 0 Å². The van der Waals surface area contributed by atoms with E-state index in [1.54, 1.807) is 0 Å². The highest BCUT2D eigenvalue weighted by molar-refractivity contribution is 5.66. The molecule has 0 aliphatic rings. The minimum Gasteiger partial charge on any atom is -0.481 e. The van der Waals surface area contributed by atoms with Crippen LogP contribution >= 0.6 is 0 Å². The molecular weight excluding hydrogens is 394 g/mol. The molecule has 0 heterocycles. The summed E-state index contributed by atoms with van der Waals surface area (Å²) in [6.45, 7) is 3.56. The van der Waals surface area contributed by atoms with Gasteiger partial charge in [-0.3, -0.25) is 4.79 Å². The van der Waals surface area contributed by atoms with Gasteiger partial charge < -0.3 is 10.0 Å². The maximum absolute atomic E-state index is 10.5. The molecule has 1 N–H and O–H groups in total. The second kappa shape index (κ2) is 24.8. The van der Waals surface area contributed by atoms with Gasteiger partial charge in [-0.05, 0) is 65.0 Å². The summed E-state index contributed by atoms with van der Waals surface area (Å²) in [7, 11) is 4.46. The maximum atomic E-state index is 10.5. The fraction of sp³-hybridized carbons (Fsp3) is 0.897. The van der Waals surface area contributed by atoms with E-state index in [0.717, 1.165) is 31.6 Å². The monoisotopic (exact) mass is 451 g/mol. The van der Waals surface area contributed by atoms with Gasteiger partial charge in [0.15, 0.2) is 0 Å². The van der Waals surface area contributed by atoms with Crippen LogP contribution in [0.1, 0.15) is 142 Å². The number of carbonyl (C=O) groups is 1. The number of aliphatic carboxylic acids is 1. The molecule has 0 amide bonds. The average Bonchev–Trinajstić information content (AvgIpc) is 2.75. The third-order valence-electron chi connectivity index (χ3n) is 6.50. The van der Waals surface area contributed by atoms with Crippen LogP contribution in [0, 0.1) is 5.92 Å². The molecule has 0 bridgehead atoms. The quantitative estimate of drug-likeness (QED) is 0.111. The van der Waals surface area contributed by atoms with Crippen molar-refractivity contribution in [3.05, 3.63) is 12.2 Å². The molecule has 0 aromatic carbocycles. The molecule has 3 nitrogen and oxygen atoms in total. The largest absolute Gasteiger partial charge is 0.481 e. The highest BCUT2D eigenvalue weighted by Crippen LogP contribution is 2.20. The van der Waals surface area contributed by atoms with Gasteiger partial charge in [-0.25, -0.2) is 0 Å². The molecule has 3 heteroatoms. The van der Waals surface area contributed by atoms with E-state index in [4.69, 9.17) is 5.11 Å². The molecule has 0 fully saturated rings. The Morgan fingerprint density at radius 1 is 0.688 bits per heavy atom. The zero-order valence-electron chi connectivity index (χ0n) is 22.1. The highest BCUT2D eigenvalue weighted by atomic mass is 16.4. The first-order chi connectivity index (χ1) is 15.6. The van der Waals surface area contributed by atoms with Crippen LogP contribution in [0.4, 0.5) is 0 Å². The zero-order chi connectivity index (χ0) is 23.7. The zero-order valence-corrected chi connectivity index (χ0v) is 22.1. The number of hydrogen-bond acceptors (Lipinski definition) is 2. The molecule has 0 spiro atoms. The summed E-state index contributed by atoms with van der Waals surface area (Å²) in [6.07, 6.45) is 31.3. The molecule has 1 atom stereocenters. The Kier molecular flexibility index (Phi) is 24.2. The lowest BCUT2D eigenvalue weighted by atomic mass is 9.93. The van der Waals surface area contributed by atoms with Crippen LogP contribution in [0.15, 0.2) is 12.2 Å². The fourth-order valence-electron chi connectivity index (χ4n) is 4.59. The van der Waals surface area contributed by atoms with Gasteiger partial charge in [-0.2, -0.15) is 0 Å². The first-order valence-electron chi connectivity index (χ1n) is 14.1. The lowest BCUT2D eigenvalue weighted by Crippen LogP contribution is -2.21. The Morgan fingerprint density at radius 2 is 1.12 bits per heavy atom. The van der Waals surface area contributed by atoms with Crippen LogP contribution in [0.3, 0.4) is 0 Å². The van der Waals surface area contributed by atoms with Crippen LogP contribution in [0.2, 0.25) is 0 Å². The maximum Gasteiger partial charge on any atom is 0.303 e. The molecule has 0 saturated heterocycles. The van der Waals surface area contributed by atoms with E-state index >= 15 is 0 Å². The second-order valence-electron chi connectivity index (χ2n) is 10.2. The van der Waals surface area contributed by atoms with E-state index in [-0.39, 0.29) is 0 Å². The van der Waals surface area contributed by atoms with Crippen LogP contribution < -0.4 is 0 Å². The van der Waals surface area contributed by atoms with E-state index < -0.39 is 5.97 Å². The Hall–Kier alpha value is -0.830. The normalized spacial score (nSPS) is 12.8. The fourth-order valence-corrected chi connectivity index (χ4v) is 4.59. The van der Waals surface area contributed by atoms with Crippen molar-refractivity contribution < 1.29 is 9.90 Å². The average molecular weight is 452 g/mol. The molecule has 190 valence electrons. The molecule has 0 aliphatic heterocycles. The van der Waals surface area contributed by atoms with Gasteiger partial charge >= 0.3 is 5.97 Å². The molecule has 32 heavy (non-hydrogen) atoms. The smallest absolute Gasteiger partial charge is 0.303 e. The molecule has 0 aliphatic carbocycles. The lowest BCUT2D eigenvalue weighted by molar-refractivity contribution is -0.137. The summed E-state index contributed by atoms with van der Waals surface area (Å²) >= 11 is 0. The van der Waals surface area contributed by atoms with Crippen LogP contribution in [0.5, 0.6) is 0 Å². The summed E-state index contributed by atoms with van der Waals surface area (Å²) in [5, 5.41) is 8.61. The second-order valence-corrected chi connectivity index (χ2v) is 10.2. The summed E-state index contributed by atoms with van der Waals surface area (Å²) in [5.74, 6) is 0.229. The summed E-state index contributed by atoms with van der Waals surface area (Å²) in [5.41, 5.74) is 0. The minimum absolute atomic E-state index is 0.319. The van der Waals surface area contributed by atoms with E-state index in [1.807, 2.05) is 0 Å². The summed E-state index contributed by atoms with van der Waals surface area (Å²) in [4.78, 5) is 12.8. The number of unbranched alkanes of at least 4 members (excludes halogenated alkanes) is 15. The van der Waals surface area contributed by atoms with Gasteiger partial charge in [0.1, 0.15) is 0 Å². The van der Waals surface area contributed by atoms with Crippen LogP contribution in [0.25, 0.3) is 0 Å². The van der Waals surface area contributed by atoms with Crippen molar-refractivity contribution in [1.82, 2.24) is 4.90 Å². The third kappa shape index (κ3) is 25.4. The number of carboxylic acid groups (broad SMARTS) is 1. The van der Waals surface area contributed by atoms with E-state index in [0.29, 0.717) is 6.42 Å². The van der Waals surface area contributed by atoms with E-state index in [2.05, 4.69) is 38.1 Å². The van der Waals surface area contributed by atoms with Gasteiger partial charge in [0.25, 0.3) is 0 Å². The SMILES string of the molecule is CCCCCCCCCC(CCCCCCCC/C=C\CCCCCC(=O)O)CN(C)C. The number of rotatable bonds is 25. The summed E-state index contributed by atoms with van der Waals surface area (Å²) in [6, 6.07) is 0. The van der Waals surface area contributed by atoms with E-state index in [1.165, 1.54) is 109 Å². The standard InChI is InChI=1S/C29H57NO2/c1-4-5-6-7-15-18-21-24-28(27-30(2)3)25-22-19-16-13-11-9-8-10-12-14-17-20-23-26-29(31)32/h10,12,28H,4-9,11,13-27H2,1-3H3,(H,31,32)/b12-10-. The Labute approximate surface area is 201 Å². The topological polar surface area (TPSA) is 40.5 Å². The van der Waals surface area contributed by atoms with Crippen molar-refractivity contribution in [2.45, 2.75) is 142 Å². The van der Waals surface area contributed by atoms with Gasteiger partial charge in [0, 0.05) is 13.0 Å². The van der Waals surface area contributed by atoms with Crippen molar-refractivity contribution in [3.63, 3.8) is 0 Å². The molecule has 0 rings (SSSR count). The van der Waals surface area contributed by atoms with Crippen molar-refractivity contribution in [3.8, 4) is 0 Å². The first kappa shape index (κ1) is 31.2. The number of nitrogens with zero attached hydrogens (tertiary/aromatic N) is 1. The molecule has 0 aromatic heterocycles. The van der Waals surface area contributed by atoms with E-state index in [9.17, 15) is 4.79 Å². The molecule has 0 aromatic rings. The minimum atomic E-state index is -0.669. The third-order valence-corrected chi connectivity index (χ3v) is 6.50. The Balaban J connectivity index is 3.54. The predicted octanol–water partition coefficient (Wildman–Crippen LogP) is 9.02. The van der Waals surface area contributed by atoms with Crippen molar-refractivity contribution >= 4 is 5.97 Å². The number of carboxylic acids is 1. The van der Waals surface area contributed by atoms with Crippen LogP contribution in [-0.2, 0) is 4.79 Å². The van der Waals surface area contributed by atoms with Gasteiger partial charge in [0.2, 0.25) is 0 Å². The first-order valence-corrected chi connectivity index (χ1v) is 14.1. The highest BCUT2D eigenvalue weighted by Gasteiger charge is 2.09. The lowest BCUT2D eigenvalue weighted by Gasteiger charge is -2.21. The Morgan fingerprint density at radius 3 is 1.59 bits per heavy atom. The summed E-state index contributed by atoms with van der Waals surface area (Å²) < 4.78 is 0. The molecule has 1 unspecified atom stereocenters. The van der Waals surface area contributed by atoms with Crippen molar-refractivity contribution in [2.75, 3.05) is 20.6 Å². The Bertz CT molecular complexity index is 419. The van der Waals surface area contributed by atoms with Gasteiger partial charge in [-0.1, -0.05) is 103 Å². The molecular formula is C29H57NO2. The molecule has 0 radical (unpaired) electrons. The van der Waals surface area contributed by atoms with Crippen molar-refractivity contribution in [2.24, 2.45) is 5.92 Å².